The Morgan fingerprint density at radius 3 is 2.74 bits per heavy atom. The van der Waals surface area contributed by atoms with E-state index in [1.807, 2.05) is 24.4 Å². The number of anilines is 1. The molecule has 0 unspecified atom stereocenters. The van der Waals surface area contributed by atoms with Gasteiger partial charge >= 0.3 is 0 Å². The number of carbonyl (C=O) groups excluding carboxylic acids is 1. The lowest BCUT2D eigenvalue weighted by Gasteiger charge is -2.16. The van der Waals surface area contributed by atoms with Crippen molar-refractivity contribution >= 4 is 23.2 Å². The summed E-state index contributed by atoms with van der Waals surface area (Å²) in [4.78, 5) is 12.3. The number of halogens is 1. The summed E-state index contributed by atoms with van der Waals surface area (Å²) < 4.78 is 2.18. The summed E-state index contributed by atoms with van der Waals surface area (Å²) in [6, 6.07) is 9.07. The quantitative estimate of drug-likeness (QED) is 0.889. The molecule has 0 spiro atoms. The molecule has 0 atom stereocenters. The number of hydrogen-bond donors (Lipinski definition) is 1. The van der Waals surface area contributed by atoms with E-state index < -0.39 is 0 Å². The van der Waals surface area contributed by atoms with E-state index >= 15 is 0 Å². The van der Waals surface area contributed by atoms with Crippen LogP contribution in [-0.4, -0.2) is 10.5 Å². The van der Waals surface area contributed by atoms with Crippen LogP contribution in [-0.2, 0) is 13.0 Å². The molecule has 1 aromatic heterocycles. The van der Waals surface area contributed by atoms with Gasteiger partial charge in [0.05, 0.1) is 5.56 Å². The van der Waals surface area contributed by atoms with Crippen LogP contribution in [0.2, 0.25) is 5.02 Å². The van der Waals surface area contributed by atoms with Gasteiger partial charge < -0.3 is 9.88 Å². The second-order valence-electron chi connectivity index (χ2n) is 4.79. The van der Waals surface area contributed by atoms with Gasteiger partial charge in [-0.15, -0.1) is 0 Å². The number of nitrogens with zero attached hydrogens (tertiary/aromatic N) is 1. The van der Waals surface area contributed by atoms with Crippen LogP contribution < -0.4 is 5.32 Å². The van der Waals surface area contributed by atoms with Gasteiger partial charge in [0.1, 0.15) is 0 Å². The molecule has 1 aliphatic heterocycles. The number of nitrogens with one attached hydrogen (secondary N) is 1. The van der Waals surface area contributed by atoms with E-state index in [0.29, 0.717) is 5.02 Å². The van der Waals surface area contributed by atoms with E-state index in [-0.39, 0.29) is 5.91 Å². The van der Waals surface area contributed by atoms with E-state index in [1.54, 1.807) is 12.1 Å². The molecule has 0 aliphatic carbocycles. The van der Waals surface area contributed by atoms with Crippen molar-refractivity contribution < 1.29 is 4.79 Å². The van der Waals surface area contributed by atoms with Gasteiger partial charge in [0, 0.05) is 29.1 Å². The Balaban J connectivity index is 1.80. The maximum Gasteiger partial charge on any atom is 0.257 e. The first-order valence-electron chi connectivity index (χ1n) is 6.49. The van der Waals surface area contributed by atoms with Gasteiger partial charge in [0.2, 0.25) is 0 Å². The molecule has 0 radical (unpaired) electrons. The third-order valence-electron chi connectivity index (χ3n) is 3.49. The third kappa shape index (κ3) is 2.51. The number of aromatic nitrogens is 1. The van der Waals surface area contributed by atoms with Crippen molar-refractivity contribution in [1.82, 2.24) is 4.57 Å². The number of hydrogen-bond acceptors (Lipinski definition) is 1. The highest BCUT2D eigenvalue weighted by Gasteiger charge is 2.18. The second kappa shape index (κ2) is 5.10. The lowest BCUT2D eigenvalue weighted by atomic mass is 10.1. The maximum absolute atomic E-state index is 12.3. The number of amides is 1. The van der Waals surface area contributed by atoms with Crippen molar-refractivity contribution in [2.45, 2.75) is 25.8 Å². The molecule has 98 valence electrons. The highest BCUT2D eigenvalue weighted by atomic mass is 35.5. The molecule has 1 aliphatic rings. The minimum Gasteiger partial charge on any atom is -0.351 e. The predicted octanol–water partition coefficient (Wildman–Crippen LogP) is 3.73. The molecule has 0 saturated heterocycles. The number of aryl methyl sites for hydroxylation is 1. The summed E-state index contributed by atoms with van der Waals surface area (Å²) in [6.07, 6.45) is 5.34. The van der Waals surface area contributed by atoms with Crippen LogP contribution in [0.3, 0.4) is 0 Å². The van der Waals surface area contributed by atoms with Crippen LogP contribution in [0.4, 0.5) is 5.69 Å². The molecular weight excluding hydrogens is 260 g/mol. The Morgan fingerprint density at radius 2 is 1.95 bits per heavy atom. The van der Waals surface area contributed by atoms with Crippen molar-refractivity contribution in [3.05, 3.63) is 52.8 Å². The molecule has 4 heteroatoms. The molecule has 19 heavy (non-hydrogen) atoms. The van der Waals surface area contributed by atoms with Crippen molar-refractivity contribution in [3.63, 3.8) is 0 Å². The highest BCUT2D eigenvalue weighted by molar-refractivity contribution is 6.30. The Labute approximate surface area is 117 Å². The summed E-state index contributed by atoms with van der Waals surface area (Å²) in [5.41, 5.74) is 2.71. The first-order valence-corrected chi connectivity index (χ1v) is 6.87. The van der Waals surface area contributed by atoms with Gasteiger partial charge in [-0.05, 0) is 49.6 Å². The molecule has 1 N–H and O–H groups in total. The van der Waals surface area contributed by atoms with E-state index in [0.717, 1.165) is 36.3 Å². The zero-order chi connectivity index (χ0) is 13.2. The summed E-state index contributed by atoms with van der Waals surface area (Å²) in [5.74, 6) is -0.0435. The Kier molecular flexibility index (Phi) is 3.30. The van der Waals surface area contributed by atoms with Crippen LogP contribution in [0.15, 0.2) is 36.5 Å². The maximum atomic E-state index is 12.3. The smallest absolute Gasteiger partial charge is 0.257 e. The number of fused-ring (bicyclic) bond motifs is 1. The summed E-state index contributed by atoms with van der Waals surface area (Å²) in [5, 5.41) is 3.58. The first kappa shape index (κ1) is 12.3. The Hall–Kier alpha value is -1.74. The molecule has 1 aromatic carbocycles. The average molecular weight is 275 g/mol. The largest absolute Gasteiger partial charge is 0.351 e. The zero-order valence-corrected chi connectivity index (χ0v) is 11.3. The molecule has 1 amide bonds. The van der Waals surface area contributed by atoms with Gasteiger partial charge in [0.25, 0.3) is 5.91 Å². The van der Waals surface area contributed by atoms with Gasteiger partial charge in [-0.3, -0.25) is 4.79 Å². The van der Waals surface area contributed by atoms with Crippen molar-refractivity contribution in [1.29, 1.82) is 0 Å². The lowest BCUT2D eigenvalue weighted by molar-refractivity contribution is 0.102. The van der Waals surface area contributed by atoms with E-state index in [4.69, 9.17) is 11.6 Å². The lowest BCUT2D eigenvalue weighted by Crippen LogP contribution is -2.17. The monoisotopic (exact) mass is 274 g/mol. The minimum atomic E-state index is -0.0435. The van der Waals surface area contributed by atoms with Crippen molar-refractivity contribution in [3.8, 4) is 0 Å². The summed E-state index contributed by atoms with van der Waals surface area (Å²) in [7, 11) is 0. The third-order valence-corrected chi connectivity index (χ3v) is 3.74. The number of rotatable bonds is 2. The molecule has 0 saturated carbocycles. The summed E-state index contributed by atoms with van der Waals surface area (Å²) in [6.45, 7) is 1.02. The normalized spacial score (nSPS) is 13.9. The van der Waals surface area contributed by atoms with Crippen molar-refractivity contribution in [2.24, 2.45) is 0 Å². The summed E-state index contributed by atoms with van der Waals surface area (Å²) >= 11 is 5.83. The Bertz CT molecular complexity index is 601. The topological polar surface area (TPSA) is 34.0 Å². The molecule has 3 rings (SSSR count). The van der Waals surface area contributed by atoms with Crippen LogP contribution >= 0.6 is 11.6 Å². The van der Waals surface area contributed by atoms with E-state index in [2.05, 4.69) is 9.88 Å². The zero-order valence-electron chi connectivity index (χ0n) is 10.5. The van der Waals surface area contributed by atoms with Crippen LogP contribution in [0.25, 0.3) is 0 Å². The van der Waals surface area contributed by atoms with Gasteiger partial charge in [-0.25, -0.2) is 0 Å². The molecule has 3 nitrogen and oxygen atoms in total. The first-order chi connectivity index (χ1) is 9.24. The van der Waals surface area contributed by atoms with Crippen LogP contribution in [0, 0.1) is 0 Å². The molecule has 0 bridgehead atoms. The molecule has 2 heterocycles. The standard InChI is InChI=1S/C15H15ClN2O/c16-11-4-6-12(7-5-11)17-15(19)13-8-10-18-9-2-1-3-14(13)18/h4-8,10H,1-3,9H2,(H,17,19). The Morgan fingerprint density at radius 1 is 1.16 bits per heavy atom. The minimum absolute atomic E-state index is 0.0435. The fourth-order valence-corrected chi connectivity index (χ4v) is 2.63. The van der Waals surface area contributed by atoms with Crippen LogP contribution in [0.5, 0.6) is 0 Å². The average Bonchev–Trinajstić information content (AvgIpc) is 2.85. The SMILES string of the molecule is O=C(Nc1ccc(Cl)cc1)c1ccn2c1CCCC2. The second-order valence-corrected chi connectivity index (χ2v) is 5.22. The van der Waals surface area contributed by atoms with Crippen molar-refractivity contribution in [2.75, 3.05) is 5.32 Å². The molecule has 2 aromatic rings. The van der Waals surface area contributed by atoms with E-state index in [1.165, 1.54) is 6.42 Å². The number of carbonyl (C=O) groups is 1. The van der Waals surface area contributed by atoms with Gasteiger partial charge in [-0.1, -0.05) is 11.6 Å². The number of benzene rings is 1. The fourth-order valence-electron chi connectivity index (χ4n) is 2.51. The van der Waals surface area contributed by atoms with Gasteiger partial charge in [0.15, 0.2) is 0 Å². The highest BCUT2D eigenvalue weighted by Crippen LogP contribution is 2.21. The van der Waals surface area contributed by atoms with E-state index in [9.17, 15) is 4.79 Å². The van der Waals surface area contributed by atoms with Crippen LogP contribution in [0.1, 0.15) is 28.9 Å². The molecular formula is C15H15ClN2O. The predicted molar refractivity (Wildman–Crippen MR) is 76.8 cm³/mol. The fraction of sp³-hybridized carbons (Fsp3) is 0.267. The molecule has 0 fully saturated rings. The van der Waals surface area contributed by atoms with Gasteiger partial charge in [-0.2, -0.15) is 0 Å².